The molecule has 3 rings (SSSR count). The minimum Gasteiger partial charge on any atom is -0.493 e. The van der Waals surface area contributed by atoms with Gasteiger partial charge in [0.05, 0.1) is 26.5 Å². The van der Waals surface area contributed by atoms with Gasteiger partial charge in [0.25, 0.3) is 0 Å². The Hall–Kier alpha value is -2.05. The highest BCUT2D eigenvalue weighted by Crippen LogP contribution is 2.33. The zero-order valence-electron chi connectivity index (χ0n) is 14.2. The lowest BCUT2D eigenvalue weighted by atomic mass is 9.91. The molecule has 6 heteroatoms. The first-order valence-corrected chi connectivity index (χ1v) is 8.33. The minimum atomic E-state index is 0.121. The maximum Gasteiger partial charge on any atom is 0.161 e. The summed E-state index contributed by atoms with van der Waals surface area (Å²) in [5, 5.41) is 10.5. The van der Waals surface area contributed by atoms with Crippen LogP contribution in [0, 0.1) is 5.92 Å². The number of nitrogens with one attached hydrogen (secondary N) is 2. The fraction of sp³-hybridized carbons (Fsp3) is 0.500. The van der Waals surface area contributed by atoms with Gasteiger partial charge in [-0.1, -0.05) is 6.07 Å². The molecule has 1 fully saturated rings. The van der Waals surface area contributed by atoms with Gasteiger partial charge in [-0.2, -0.15) is 5.10 Å². The zero-order valence-corrected chi connectivity index (χ0v) is 14.2. The highest BCUT2D eigenvalue weighted by molar-refractivity contribution is 5.42. The molecule has 0 unspecified atom stereocenters. The summed E-state index contributed by atoms with van der Waals surface area (Å²) in [5.74, 6) is 1.97. The van der Waals surface area contributed by atoms with Gasteiger partial charge < -0.3 is 19.5 Å². The first-order valence-electron chi connectivity index (χ1n) is 8.33. The first kappa shape index (κ1) is 16.8. The van der Waals surface area contributed by atoms with Crippen LogP contribution in [0.2, 0.25) is 0 Å². The zero-order chi connectivity index (χ0) is 16.8. The molecule has 2 aromatic rings. The van der Waals surface area contributed by atoms with E-state index in [4.69, 9.17) is 14.2 Å². The largest absolute Gasteiger partial charge is 0.493 e. The number of methoxy groups -OCH3 is 2. The SMILES string of the molecule is COc1ccc(CNC[C@@H]2CCCO[C@H]2c2cn[nH]c2)cc1OC. The molecule has 2 N–H and O–H groups in total. The summed E-state index contributed by atoms with van der Waals surface area (Å²) in [6, 6.07) is 6.00. The van der Waals surface area contributed by atoms with Crippen molar-refractivity contribution in [1.29, 1.82) is 0 Å². The van der Waals surface area contributed by atoms with Crippen LogP contribution in [-0.2, 0) is 11.3 Å². The number of aromatic nitrogens is 2. The van der Waals surface area contributed by atoms with Crippen LogP contribution >= 0.6 is 0 Å². The second-order valence-electron chi connectivity index (χ2n) is 6.05. The molecule has 0 bridgehead atoms. The molecule has 1 aromatic heterocycles. The topological polar surface area (TPSA) is 68.4 Å². The van der Waals surface area contributed by atoms with Crippen LogP contribution in [0.5, 0.6) is 11.5 Å². The molecule has 0 spiro atoms. The molecule has 1 aliphatic heterocycles. The molecule has 6 nitrogen and oxygen atoms in total. The molecular weight excluding hydrogens is 306 g/mol. The van der Waals surface area contributed by atoms with Crippen LogP contribution in [0.3, 0.4) is 0 Å². The molecule has 1 aliphatic rings. The number of nitrogens with zero attached hydrogens (tertiary/aromatic N) is 1. The summed E-state index contributed by atoms with van der Waals surface area (Å²) in [4.78, 5) is 0. The maximum absolute atomic E-state index is 5.97. The fourth-order valence-electron chi connectivity index (χ4n) is 3.23. The van der Waals surface area contributed by atoms with E-state index < -0.39 is 0 Å². The Morgan fingerprint density at radius 3 is 2.92 bits per heavy atom. The van der Waals surface area contributed by atoms with E-state index in [9.17, 15) is 0 Å². The predicted molar refractivity (Wildman–Crippen MR) is 91.3 cm³/mol. The van der Waals surface area contributed by atoms with E-state index in [1.54, 1.807) is 14.2 Å². The van der Waals surface area contributed by atoms with Crippen molar-refractivity contribution in [2.24, 2.45) is 5.92 Å². The van der Waals surface area contributed by atoms with Crippen molar-refractivity contribution >= 4 is 0 Å². The van der Waals surface area contributed by atoms with E-state index in [-0.39, 0.29) is 6.10 Å². The van der Waals surface area contributed by atoms with Crippen molar-refractivity contribution in [3.05, 3.63) is 41.7 Å². The van der Waals surface area contributed by atoms with Crippen molar-refractivity contribution in [1.82, 2.24) is 15.5 Å². The minimum absolute atomic E-state index is 0.121. The third-order valence-corrected chi connectivity index (χ3v) is 4.48. The summed E-state index contributed by atoms with van der Waals surface area (Å²) in [5.41, 5.74) is 2.30. The highest BCUT2D eigenvalue weighted by atomic mass is 16.5. The lowest BCUT2D eigenvalue weighted by molar-refractivity contribution is -0.0278. The van der Waals surface area contributed by atoms with Crippen LogP contribution in [0.15, 0.2) is 30.6 Å². The molecule has 130 valence electrons. The third kappa shape index (κ3) is 3.88. The molecule has 0 saturated carbocycles. The van der Waals surface area contributed by atoms with Gasteiger partial charge >= 0.3 is 0 Å². The summed E-state index contributed by atoms with van der Waals surface area (Å²) in [6.07, 6.45) is 6.18. The molecule has 1 saturated heterocycles. The van der Waals surface area contributed by atoms with E-state index >= 15 is 0 Å². The van der Waals surface area contributed by atoms with E-state index in [1.165, 1.54) is 5.56 Å². The molecular formula is C18H25N3O3. The Bertz CT molecular complexity index is 630. The highest BCUT2D eigenvalue weighted by Gasteiger charge is 2.27. The molecule has 2 heterocycles. The van der Waals surface area contributed by atoms with Crippen LogP contribution < -0.4 is 14.8 Å². The van der Waals surface area contributed by atoms with Crippen LogP contribution in [0.4, 0.5) is 0 Å². The average Bonchev–Trinajstić information content (AvgIpc) is 3.16. The molecule has 1 aromatic carbocycles. The third-order valence-electron chi connectivity index (χ3n) is 4.48. The number of rotatable bonds is 7. The van der Waals surface area contributed by atoms with E-state index in [2.05, 4.69) is 21.6 Å². The average molecular weight is 331 g/mol. The number of hydrogen-bond acceptors (Lipinski definition) is 5. The van der Waals surface area contributed by atoms with E-state index in [1.807, 2.05) is 24.5 Å². The van der Waals surface area contributed by atoms with E-state index in [0.29, 0.717) is 5.92 Å². The molecule has 0 aliphatic carbocycles. The van der Waals surface area contributed by atoms with Gasteiger partial charge in [0.15, 0.2) is 11.5 Å². The van der Waals surface area contributed by atoms with Gasteiger partial charge in [-0.15, -0.1) is 0 Å². The monoisotopic (exact) mass is 331 g/mol. The second kappa shape index (κ2) is 8.17. The lowest BCUT2D eigenvalue weighted by Gasteiger charge is -2.31. The van der Waals surface area contributed by atoms with Gasteiger partial charge in [-0.25, -0.2) is 0 Å². The number of ether oxygens (including phenoxy) is 3. The first-order chi connectivity index (χ1) is 11.8. The summed E-state index contributed by atoms with van der Waals surface area (Å²) < 4.78 is 16.6. The molecule has 0 amide bonds. The Morgan fingerprint density at radius 1 is 1.29 bits per heavy atom. The smallest absolute Gasteiger partial charge is 0.161 e. The van der Waals surface area contributed by atoms with Crippen LogP contribution in [0.25, 0.3) is 0 Å². The lowest BCUT2D eigenvalue weighted by Crippen LogP contribution is -2.31. The van der Waals surface area contributed by atoms with Crippen molar-refractivity contribution in [3.8, 4) is 11.5 Å². The van der Waals surface area contributed by atoms with Crippen molar-refractivity contribution in [2.45, 2.75) is 25.5 Å². The van der Waals surface area contributed by atoms with Crippen molar-refractivity contribution in [2.75, 3.05) is 27.4 Å². The van der Waals surface area contributed by atoms with Crippen molar-refractivity contribution in [3.63, 3.8) is 0 Å². The second-order valence-corrected chi connectivity index (χ2v) is 6.05. The Morgan fingerprint density at radius 2 is 2.17 bits per heavy atom. The summed E-state index contributed by atoms with van der Waals surface area (Å²) in [6.45, 7) is 2.52. The van der Waals surface area contributed by atoms with Gasteiger partial charge in [0, 0.05) is 37.4 Å². The standard InChI is InChI=1S/C18H25N3O3/c1-22-16-6-5-13(8-17(16)23-2)9-19-10-14-4-3-7-24-18(14)15-11-20-21-12-15/h5-6,8,11-12,14,18-19H,3-4,7,9-10H2,1-2H3,(H,20,21)/t14-,18+/m0/s1. The Labute approximate surface area is 142 Å². The van der Waals surface area contributed by atoms with Crippen molar-refractivity contribution < 1.29 is 14.2 Å². The predicted octanol–water partition coefficient (Wildman–Crippen LogP) is 2.68. The fourth-order valence-corrected chi connectivity index (χ4v) is 3.23. The quantitative estimate of drug-likeness (QED) is 0.816. The summed E-state index contributed by atoms with van der Waals surface area (Å²) in [7, 11) is 3.30. The number of H-pyrrole nitrogens is 1. The molecule has 2 atom stereocenters. The Balaban J connectivity index is 1.57. The van der Waals surface area contributed by atoms with Gasteiger partial charge in [-0.3, -0.25) is 5.10 Å². The molecule has 24 heavy (non-hydrogen) atoms. The van der Waals surface area contributed by atoms with E-state index in [0.717, 1.165) is 49.6 Å². The van der Waals surface area contributed by atoms with Gasteiger partial charge in [0.1, 0.15) is 0 Å². The number of aromatic amines is 1. The van der Waals surface area contributed by atoms with Crippen LogP contribution in [-0.4, -0.2) is 37.6 Å². The normalized spacial score (nSPS) is 20.8. The summed E-state index contributed by atoms with van der Waals surface area (Å²) >= 11 is 0. The molecule has 0 radical (unpaired) electrons. The number of hydrogen-bond donors (Lipinski definition) is 2. The maximum atomic E-state index is 5.97. The van der Waals surface area contributed by atoms with Gasteiger partial charge in [0.2, 0.25) is 0 Å². The Kier molecular flexibility index (Phi) is 5.72. The number of benzene rings is 1. The van der Waals surface area contributed by atoms with Gasteiger partial charge in [-0.05, 0) is 30.5 Å². The van der Waals surface area contributed by atoms with Crippen LogP contribution in [0.1, 0.15) is 30.1 Å².